The predicted octanol–water partition coefficient (Wildman–Crippen LogP) is 3.38. The summed E-state index contributed by atoms with van der Waals surface area (Å²) in [6.07, 6.45) is 0.131. The molecule has 1 saturated heterocycles. The molecule has 0 radical (unpaired) electrons. The Hall–Kier alpha value is -2.57. The van der Waals surface area contributed by atoms with Crippen molar-refractivity contribution in [3.05, 3.63) is 59.1 Å². The summed E-state index contributed by atoms with van der Waals surface area (Å²) in [5.74, 6) is -0.365. The average Bonchev–Trinajstić information content (AvgIpc) is 2.69. The summed E-state index contributed by atoms with van der Waals surface area (Å²) in [5, 5.41) is 6.33. The Balaban J connectivity index is 1.62. The molecule has 28 heavy (non-hydrogen) atoms. The van der Waals surface area contributed by atoms with Gasteiger partial charge in [-0.15, -0.1) is 0 Å². The number of hydrogen-bond donors (Lipinski definition) is 2. The molecule has 1 aliphatic heterocycles. The summed E-state index contributed by atoms with van der Waals surface area (Å²) in [6, 6.07) is 14.5. The lowest BCUT2D eigenvalue weighted by Crippen LogP contribution is -2.36. The van der Waals surface area contributed by atoms with Gasteiger partial charge in [0.25, 0.3) is 0 Å². The Labute approximate surface area is 169 Å². The van der Waals surface area contributed by atoms with Crippen LogP contribution in [0.5, 0.6) is 0 Å². The molecular weight excluding hydrogens is 378 g/mol. The fourth-order valence-corrected chi connectivity index (χ4v) is 3.29. The number of halogens is 1. The van der Waals surface area contributed by atoms with E-state index in [1.54, 1.807) is 12.1 Å². The lowest BCUT2D eigenvalue weighted by molar-refractivity contribution is -0.120. The maximum Gasteiger partial charge on any atom is 0.226 e. The molecular formula is C21H24ClN3O3. The zero-order valence-electron chi connectivity index (χ0n) is 15.8. The van der Waals surface area contributed by atoms with Crippen molar-refractivity contribution in [2.75, 3.05) is 36.5 Å². The molecule has 1 atom stereocenters. The highest BCUT2D eigenvalue weighted by Gasteiger charge is 2.17. The second kappa shape index (κ2) is 9.57. The first-order valence-corrected chi connectivity index (χ1v) is 9.64. The molecule has 0 bridgehead atoms. The number of hydrogen-bond acceptors (Lipinski definition) is 4. The first kappa shape index (κ1) is 20.2. The normalized spacial score (nSPS) is 15.0. The molecule has 0 aliphatic carbocycles. The van der Waals surface area contributed by atoms with Gasteiger partial charge in [-0.2, -0.15) is 0 Å². The van der Waals surface area contributed by atoms with Crippen molar-refractivity contribution in [2.45, 2.75) is 19.4 Å². The van der Waals surface area contributed by atoms with Gasteiger partial charge in [0.1, 0.15) is 0 Å². The molecule has 1 fully saturated rings. The minimum Gasteiger partial charge on any atom is -0.378 e. The summed E-state index contributed by atoms with van der Waals surface area (Å²) in [7, 11) is 0. The van der Waals surface area contributed by atoms with Crippen LogP contribution >= 0.6 is 11.6 Å². The molecule has 2 aromatic rings. The summed E-state index contributed by atoms with van der Waals surface area (Å²) in [4.78, 5) is 26.3. The Morgan fingerprint density at radius 2 is 1.71 bits per heavy atom. The van der Waals surface area contributed by atoms with E-state index in [4.69, 9.17) is 16.3 Å². The van der Waals surface area contributed by atoms with Gasteiger partial charge >= 0.3 is 0 Å². The van der Waals surface area contributed by atoms with Crippen molar-refractivity contribution in [2.24, 2.45) is 0 Å². The second-order valence-corrected chi connectivity index (χ2v) is 7.14. The van der Waals surface area contributed by atoms with E-state index in [-0.39, 0.29) is 18.2 Å². The van der Waals surface area contributed by atoms with Crippen LogP contribution in [0.3, 0.4) is 0 Å². The molecule has 0 aromatic heterocycles. The summed E-state index contributed by atoms with van der Waals surface area (Å²) in [6.45, 7) is 4.63. The number of morpholine rings is 1. The van der Waals surface area contributed by atoms with Gasteiger partial charge < -0.3 is 20.3 Å². The highest BCUT2D eigenvalue weighted by atomic mass is 35.5. The first-order valence-electron chi connectivity index (χ1n) is 9.26. The van der Waals surface area contributed by atoms with Crippen molar-refractivity contribution in [3.8, 4) is 0 Å². The molecule has 6 nitrogen and oxygen atoms in total. The van der Waals surface area contributed by atoms with Gasteiger partial charge in [0.2, 0.25) is 11.8 Å². The van der Waals surface area contributed by atoms with E-state index < -0.39 is 6.04 Å². The molecule has 1 heterocycles. The molecule has 148 valence electrons. The molecule has 2 aromatic carbocycles. The lowest BCUT2D eigenvalue weighted by Gasteiger charge is -2.28. The number of ether oxygens (including phenoxy) is 1. The Kier molecular flexibility index (Phi) is 6.90. The summed E-state index contributed by atoms with van der Waals surface area (Å²) in [5.41, 5.74) is 2.66. The Morgan fingerprint density at radius 3 is 2.32 bits per heavy atom. The largest absolute Gasteiger partial charge is 0.378 e. The van der Waals surface area contributed by atoms with Crippen molar-refractivity contribution >= 4 is 34.8 Å². The average molecular weight is 402 g/mol. The molecule has 2 N–H and O–H groups in total. The minimum atomic E-state index is -0.414. The molecule has 0 spiro atoms. The smallest absolute Gasteiger partial charge is 0.226 e. The second-order valence-electron chi connectivity index (χ2n) is 6.70. The standard InChI is InChI=1S/C21H24ClN3O3/c1-15(26)23-20(16-2-4-17(22)5-3-16)14-21(27)24-18-6-8-19(9-7-18)25-10-12-28-13-11-25/h2-9,20H,10-14H2,1H3,(H,23,26)(H,24,27). The summed E-state index contributed by atoms with van der Waals surface area (Å²) < 4.78 is 5.37. The zero-order chi connectivity index (χ0) is 19.9. The molecule has 7 heteroatoms. The summed E-state index contributed by atoms with van der Waals surface area (Å²) >= 11 is 5.93. The molecule has 0 saturated carbocycles. The predicted molar refractivity (Wildman–Crippen MR) is 111 cm³/mol. The van der Waals surface area contributed by atoms with Crippen molar-refractivity contribution < 1.29 is 14.3 Å². The third-order valence-electron chi connectivity index (χ3n) is 4.57. The Bertz CT molecular complexity index is 803. The van der Waals surface area contributed by atoms with Gasteiger partial charge in [-0.25, -0.2) is 0 Å². The van der Waals surface area contributed by atoms with E-state index >= 15 is 0 Å². The molecule has 1 aliphatic rings. The number of carbonyl (C=O) groups is 2. The van der Waals surface area contributed by atoms with E-state index in [0.29, 0.717) is 5.02 Å². The number of amides is 2. The van der Waals surface area contributed by atoms with Crippen LogP contribution in [-0.4, -0.2) is 38.1 Å². The van der Waals surface area contributed by atoms with Crippen LogP contribution in [0.15, 0.2) is 48.5 Å². The third kappa shape index (κ3) is 5.71. The van der Waals surface area contributed by atoms with Gasteiger partial charge in [-0.1, -0.05) is 23.7 Å². The number of nitrogens with one attached hydrogen (secondary N) is 2. The lowest BCUT2D eigenvalue weighted by atomic mass is 10.0. The quantitative estimate of drug-likeness (QED) is 0.778. The maximum atomic E-state index is 12.5. The monoisotopic (exact) mass is 401 g/mol. The molecule has 1 unspecified atom stereocenters. The van der Waals surface area contributed by atoms with E-state index in [1.807, 2.05) is 36.4 Å². The molecule has 3 rings (SSSR count). The van der Waals surface area contributed by atoms with Gasteiger partial charge in [0.15, 0.2) is 0 Å². The molecule has 2 amide bonds. The topological polar surface area (TPSA) is 70.7 Å². The maximum absolute atomic E-state index is 12.5. The number of nitrogens with zero attached hydrogens (tertiary/aromatic N) is 1. The van der Waals surface area contributed by atoms with Gasteiger partial charge in [0, 0.05) is 36.4 Å². The van der Waals surface area contributed by atoms with Crippen molar-refractivity contribution in [3.63, 3.8) is 0 Å². The fourth-order valence-electron chi connectivity index (χ4n) is 3.17. The zero-order valence-corrected chi connectivity index (χ0v) is 16.5. The first-order chi connectivity index (χ1) is 13.5. The van der Waals surface area contributed by atoms with Crippen molar-refractivity contribution in [1.29, 1.82) is 0 Å². The minimum absolute atomic E-state index is 0.131. The van der Waals surface area contributed by atoms with Gasteiger partial charge in [-0.3, -0.25) is 9.59 Å². The van der Waals surface area contributed by atoms with Gasteiger partial charge in [0.05, 0.1) is 25.7 Å². The van der Waals surface area contributed by atoms with E-state index in [2.05, 4.69) is 15.5 Å². The van der Waals surface area contributed by atoms with E-state index in [0.717, 1.165) is 43.2 Å². The Morgan fingerprint density at radius 1 is 1.07 bits per heavy atom. The van der Waals surface area contributed by atoms with Crippen LogP contribution < -0.4 is 15.5 Å². The van der Waals surface area contributed by atoms with Crippen LogP contribution in [0.1, 0.15) is 24.9 Å². The number of carbonyl (C=O) groups excluding carboxylic acids is 2. The van der Waals surface area contributed by atoms with Crippen LogP contribution in [0.2, 0.25) is 5.02 Å². The van der Waals surface area contributed by atoms with Crippen molar-refractivity contribution in [1.82, 2.24) is 5.32 Å². The third-order valence-corrected chi connectivity index (χ3v) is 4.82. The fraction of sp³-hybridized carbons (Fsp3) is 0.333. The highest BCUT2D eigenvalue weighted by molar-refractivity contribution is 6.30. The van der Waals surface area contributed by atoms with Crippen LogP contribution in [0.25, 0.3) is 0 Å². The number of benzene rings is 2. The number of anilines is 2. The van der Waals surface area contributed by atoms with Gasteiger partial charge in [-0.05, 0) is 42.0 Å². The van der Waals surface area contributed by atoms with E-state index in [1.165, 1.54) is 6.92 Å². The van der Waals surface area contributed by atoms with Crippen LogP contribution in [-0.2, 0) is 14.3 Å². The number of rotatable bonds is 6. The van der Waals surface area contributed by atoms with E-state index in [9.17, 15) is 9.59 Å². The van der Waals surface area contributed by atoms with Crippen LogP contribution in [0, 0.1) is 0 Å². The highest BCUT2D eigenvalue weighted by Crippen LogP contribution is 2.22. The SMILES string of the molecule is CC(=O)NC(CC(=O)Nc1ccc(N2CCOCC2)cc1)c1ccc(Cl)cc1. The van der Waals surface area contributed by atoms with Crippen LogP contribution in [0.4, 0.5) is 11.4 Å².